The maximum absolute atomic E-state index is 11.9. The Labute approximate surface area is 147 Å². The average molecular weight is 333 g/mol. The molecular formula is C21H23N3O. The van der Waals surface area contributed by atoms with E-state index >= 15 is 0 Å². The van der Waals surface area contributed by atoms with Crippen LogP contribution in [-0.4, -0.2) is 16.7 Å². The number of nitrogens with one attached hydrogen (secondary N) is 2. The molecule has 1 heterocycles. The number of fused-ring (bicyclic) bond motifs is 2. The molecule has 0 bridgehead atoms. The molecule has 128 valence electrons. The van der Waals surface area contributed by atoms with Crippen molar-refractivity contribution in [3.63, 3.8) is 0 Å². The van der Waals surface area contributed by atoms with Gasteiger partial charge in [-0.25, -0.2) is 5.10 Å². The molecule has 0 amide bonds. The van der Waals surface area contributed by atoms with Crippen LogP contribution >= 0.6 is 0 Å². The molecule has 1 aliphatic rings. The molecule has 4 nitrogen and oxygen atoms in total. The number of H-pyrrole nitrogens is 1. The van der Waals surface area contributed by atoms with Gasteiger partial charge in [0.1, 0.15) is 0 Å². The number of nitrogens with zero attached hydrogens (tertiary/aromatic N) is 1. The minimum atomic E-state index is 0.00200. The maximum atomic E-state index is 11.9. The van der Waals surface area contributed by atoms with Crippen LogP contribution in [0.15, 0.2) is 47.3 Å². The lowest BCUT2D eigenvalue weighted by Gasteiger charge is -2.17. The topological polar surface area (TPSA) is 57.8 Å². The van der Waals surface area contributed by atoms with Gasteiger partial charge in [0.25, 0.3) is 5.56 Å². The molecule has 0 spiro atoms. The Kier molecular flexibility index (Phi) is 4.61. The third-order valence-corrected chi connectivity index (χ3v) is 5.12. The lowest BCUT2D eigenvalue weighted by atomic mass is 9.91. The van der Waals surface area contributed by atoms with Crippen molar-refractivity contribution in [3.8, 4) is 0 Å². The van der Waals surface area contributed by atoms with E-state index in [1.807, 2.05) is 0 Å². The number of hydrogen-bond donors (Lipinski definition) is 2. The Morgan fingerprint density at radius 3 is 2.72 bits per heavy atom. The Bertz CT molecular complexity index is 940. The second-order valence-corrected chi connectivity index (χ2v) is 6.73. The summed E-state index contributed by atoms with van der Waals surface area (Å²) in [7, 11) is 0. The molecule has 4 heteroatoms. The van der Waals surface area contributed by atoms with Gasteiger partial charge in [0.2, 0.25) is 0 Å². The highest BCUT2D eigenvalue weighted by atomic mass is 16.1. The largest absolute Gasteiger partial charge is 0.312 e. The number of aromatic nitrogens is 2. The summed E-state index contributed by atoms with van der Waals surface area (Å²) in [6, 6.07) is 14.9. The first kappa shape index (κ1) is 16.0. The van der Waals surface area contributed by atoms with Crippen molar-refractivity contribution in [3.05, 3.63) is 75.2 Å². The Morgan fingerprint density at radius 2 is 1.80 bits per heavy atom. The molecule has 0 fully saturated rings. The molecule has 0 saturated carbocycles. The number of benzene rings is 2. The van der Waals surface area contributed by atoms with Crippen LogP contribution in [0.1, 0.15) is 35.2 Å². The predicted octanol–water partition coefficient (Wildman–Crippen LogP) is 3.13. The molecule has 2 aromatic carbocycles. The van der Waals surface area contributed by atoms with Gasteiger partial charge in [-0.2, -0.15) is 5.10 Å². The fourth-order valence-corrected chi connectivity index (χ4v) is 3.81. The van der Waals surface area contributed by atoms with E-state index in [0.29, 0.717) is 0 Å². The molecule has 3 aromatic rings. The van der Waals surface area contributed by atoms with Gasteiger partial charge in [-0.15, -0.1) is 0 Å². The van der Waals surface area contributed by atoms with E-state index in [2.05, 4.69) is 58.0 Å². The quantitative estimate of drug-likeness (QED) is 0.705. The molecule has 0 atom stereocenters. The van der Waals surface area contributed by atoms with Crippen LogP contribution < -0.4 is 10.9 Å². The van der Waals surface area contributed by atoms with E-state index in [4.69, 9.17) is 0 Å². The summed E-state index contributed by atoms with van der Waals surface area (Å²) in [5, 5.41) is 13.1. The van der Waals surface area contributed by atoms with Crippen LogP contribution in [0.3, 0.4) is 0 Å². The molecule has 2 N–H and O–H groups in total. The lowest BCUT2D eigenvalue weighted by Crippen LogP contribution is -2.25. The monoisotopic (exact) mass is 333 g/mol. The van der Waals surface area contributed by atoms with Gasteiger partial charge >= 0.3 is 0 Å². The minimum absolute atomic E-state index is 0.00200. The van der Waals surface area contributed by atoms with Gasteiger partial charge in [-0.05, 0) is 47.6 Å². The lowest BCUT2D eigenvalue weighted by molar-refractivity contribution is 0.631. The SMILES string of the molecule is O=c1[nH]nc(CCNCc2cccc3ccccc23)c2c1CCCC2. The van der Waals surface area contributed by atoms with E-state index in [1.54, 1.807) is 0 Å². The van der Waals surface area contributed by atoms with E-state index in [9.17, 15) is 4.79 Å². The second kappa shape index (κ2) is 7.19. The Balaban J connectivity index is 1.42. The standard InChI is InChI=1S/C21H23N3O/c25-21-19-11-4-3-10-18(19)20(23-24-21)12-13-22-14-16-8-5-7-15-6-1-2-9-17(15)16/h1-2,5-9,22H,3-4,10-14H2,(H,24,25). The summed E-state index contributed by atoms with van der Waals surface area (Å²) in [5.41, 5.74) is 4.53. The molecule has 0 radical (unpaired) electrons. The summed E-state index contributed by atoms with van der Waals surface area (Å²) in [6.07, 6.45) is 5.01. The first-order chi connectivity index (χ1) is 12.3. The highest BCUT2D eigenvalue weighted by Crippen LogP contribution is 2.20. The summed E-state index contributed by atoms with van der Waals surface area (Å²) in [6.45, 7) is 1.70. The summed E-state index contributed by atoms with van der Waals surface area (Å²) >= 11 is 0. The third kappa shape index (κ3) is 3.35. The van der Waals surface area contributed by atoms with Gasteiger partial charge < -0.3 is 5.32 Å². The van der Waals surface area contributed by atoms with Crippen molar-refractivity contribution in [2.75, 3.05) is 6.54 Å². The fraction of sp³-hybridized carbons (Fsp3) is 0.333. The first-order valence-electron chi connectivity index (χ1n) is 9.09. The van der Waals surface area contributed by atoms with Gasteiger partial charge in [-0.1, -0.05) is 42.5 Å². The Morgan fingerprint density at radius 1 is 1.00 bits per heavy atom. The van der Waals surface area contributed by atoms with E-state index in [-0.39, 0.29) is 5.56 Å². The highest BCUT2D eigenvalue weighted by molar-refractivity contribution is 5.85. The average Bonchev–Trinajstić information content (AvgIpc) is 2.67. The van der Waals surface area contributed by atoms with Crippen molar-refractivity contribution >= 4 is 10.8 Å². The maximum Gasteiger partial charge on any atom is 0.267 e. The minimum Gasteiger partial charge on any atom is -0.312 e. The molecule has 1 aliphatic carbocycles. The fourth-order valence-electron chi connectivity index (χ4n) is 3.81. The van der Waals surface area contributed by atoms with Crippen LogP contribution in [0.25, 0.3) is 10.8 Å². The van der Waals surface area contributed by atoms with E-state index in [1.165, 1.54) is 21.9 Å². The van der Waals surface area contributed by atoms with Crippen molar-refractivity contribution in [1.29, 1.82) is 0 Å². The number of aromatic amines is 1. The second-order valence-electron chi connectivity index (χ2n) is 6.73. The first-order valence-corrected chi connectivity index (χ1v) is 9.09. The normalized spacial score (nSPS) is 13.8. The van der Waals surface area contributed by atoms with Crippen molar-refractivity contribution in [2.45, 2.75) is 38.6 Å². The molecular weight excluding hydrogens is 310 g/mol. The number of hydrogen-bond acceptors (Lipinski definition) is 3. The van der Waals surface area contributed by atoms with Gasteiger partial charge in [0.15, 0.2) is 0 Å². The van der Waals surface area contributed by atoms with Crippen molar-refractivity contribution < 1.29 is 0 Å². The summed E-state index contributed by atoms with van der Waals surface area (Å²) in [4.78, 5) is 11.9. The molecule has 25 heavy (non-hydrogen) atoms. The predicted molar refractivity (Wildman–Crippen MR) is 101 cm³/mol. The van der Waals surface area contributed by atoms with Crippen LogP contribution in [-0.2, 0) is 25.8 Å². The van der Waals surface area contributed by atoms with Crippen LogP contribution in [0, 0.1) is 0 Å². The highest BCUT2D eigenvalue weighted by Gasteiger charge is 2.17. The molecule has 4 rings (SSSR count). The molecule has 1 aromatic heterocycles. The zero-order valence-electron chi connectivity index (χ0n) is 14.3. The van der Waals surface area contributed by atoms with Crippen molar-refractivity contribution in [1.82, 2.24) is 15.5 Å². The summed E-state index contributed by atoms with van der Waals surface area (Å²) in [5.74, 6) is 0. The van der Waals surface area contributed by atoms with Gasteiger partial charge in [0.05, 0.1) is 5.69 Å². The zero-order chi connectivity index (χ0) is 17.1. The third-order valence-electron chi connectivity index (χ3n) is 5.12. The number of rotatable bonds is 5. The molecule has 0 saturated heterocycles. The Hall–Kier alpha value is -2.46. The van der Waals surface area contributed by atoms with Crippen LogP contribution in [0.4, 0.5) is 0 Å². The van der Waals surface area contributed by atoms with Crippen LogP contribution in [0.5, 0.6) is 0 Å². The van der Waals surface area contributed by atoms with Gasteiger partial charge in [-0.3, -0.25) is 4.79 Å². The summed E-state index contributed by atoms with van der Waals surface area (Å²) < 4.78 is 0. The van der Waals surface area contributed by atoms with Crippen LogP contribution in [0.2, 0.25) is 0 Å². The smallest absolute Gasteiger partial charge is 0.267 e. The van der Waals surface area contributed by atoms with E-state index < -0.39 is 0 Å². The molecule has 0 aliphatic heterocycles. The van der Waals surface area contributed by atoms with E-state index in [0.717, 1.165) is 56.5 Å². The zero-order valence-corrected chi connectivity index (χ0v) is 14.3. The van der Waals surface area contributed by atoms with Crippen molar-refractivity contribution in [2.24, 2.45) is 0 Å². The van der Waals surface area contributed by atoms with Gasteiger partial charge in [0, 0.05) is 25.1 Å². The molecule has 0 unspecified atom stereocenters.